The van der Waals surface area contributed by atoms with Gasteiger partial charge in [0.05, 0.1) is 17.4 Å². The summed E-state index contributed by atoms with van der Waals surface area (Å²) in [6.45, 7) is 3.96. The van der Waals surface area contributed by atoms with Gasteiger partial charge in [-0.1, -0.05) is 43.7 Å². The molecule has 1 fully saturated rings. The molecule has 2 aromatic heterocycles. The first-order valence-corrected chi connectivity index (χ1v) is 10.9. The Hall–Kier alpha value is -3.22. The van der Waals surface area contributed by atoms with Crippen LogP contribution in [0.25, 0.3) is 0 Å². The van der Waals surface area contributed by atoms with Crippen molar-refractivity contribution >= 4 is 5.91 Å². The first kappa shape index (κ1) is 21.0. The second kappa shape index (κ2) is 8.88. The maximum Gasteiger partial charge on any atom is 0.270 e. The molecule has 1 aromatic carbocycles. The van der Waals surface area contributed by atoms with Crippen LogP contribution in [0.5, 0.6) is 0 Å². The number of aromatic amines is 1. The minimum Gasteiger partial charge on any atom is -0.344 e. The summed E-state index contributed by atoms with van der Waals surface area (Å²) in [4.78, 5) is 33.1. The quantitative estimate of drug-likeness (QED) is 0.614. The molecule has 4 rings (SSSR count). The predicted octanol–water partition coefficient (Wildman–Crippen LogP) is 3.36. The standard InChI is InChI=1S/C24H29N5O2/c1-4-19-15(2)22(29(3)28-19)24(31)26-20(16-9-6-5-7-10-16)13-18-14-21(30)27-23(25-18)17-11-8-12-17/h5-7,9-10,14,17,20H,4,8,11-13H2,1-3H3,(H,26,31)(H,25,27,30)/t20-/m0/s1. The van der Waals surface area contributed by atoms with Crippen LogP contribution in [0.1, 0.15) is 77.0 Å². The number of carbonyl (C=O) groups excluding carboxylic acids is 1. The van der Waals surface area contributed by atoms with E-state index in [0.717, 1.165) is 41.9 Å². The molecule has 1 aliphatic carbocycles. The summed E-state index contributed by atoms with van der Waals surface area (Å²) in [5, 5.41) is 7.63. The third-order valence-electron chi connectivity index (χ3n) is 6.16. The highest BCUT2D eigenvalue weighted by Crippen LogP contribution is 2.34. The fourth-order valence-electron chi connectivity index (χ4n) is 4.22. The monoisotopic (exact) mass is 419 g/mol. The van der Waals surface area contributed by atoms with Gasteiger partial charge in [-0.05, 0) is 31.7 Å². The van der Waals surface area contributed by atoms with Gasteiger partial charge < -0.3 is 10.3 Å². The van der Waals surface area contributed by atoms with Gasteiger partial charge in [-0.15, -0.1) is 0 Å². The van der Waals surface area contributed by atoms with Crippen LogP contribution in [0.4, 0.5) is 0 Å². The fourth-order valence-corrected chi connectivity index (χ4v) is 4.22. The Kier molecular flexibility index (Phi) is 6.02. The topological polar surface area (TPSA) is 92.7 Å². The lowest BCUT2D eigenvalue weighted by Gasteiger charge is -2.25. The zero-order valence-electron chi connectivity index (χ0n) is 18.3. The Morgan fingerprint density at radius 3 is 2.65 bits per heavy atom. The van der Waals surface area contributed by atoms with Crippen molar-refractivity contribution in [2.45, 2.75) is 57.9 Å². The van der Waals surface area contributed by atoms with Gasteiger partial charge in [0.1, 0.15) is 11.5 Å². The summed E-state index contributed by atoms with van der Waals surface area (Å²) in [6, 6.07) is 11.0. The van der Waals surface area contributed by atoms with Crippen molar-refractivity contribution in [3.63, 3.8) is 0 Å². The molecule has 1 aliphatic rings. The van der Waals surface area contributed by atoms with Crippen molar-refractivity contribution < 1.29 is 4.79 Å². The van der Waals surface area contributed by atoms with Crippen LogP contribution < -0.4 is 10.9 Å². The summed E-state index contributed by atoms with van der Waals surface area (Å²) in [7, 11) is 1.79. The number of nitrogens with one attached hydrogen (secondary N) is 2. The molecule has 7 nitrogen and oxygen atoms in total. The van der Waals surface area contributed by atoms with Crippen LogP contribution >= 0.6 is 0 Å². The van der Waals surface area contributed by atoms with Crippen molar-refractivity contribution in [2.75, 3.05) is 0 Å². The van der Waals surface area contributed by atoms with Gasteiger partial charge in [0.15, 0.2) is 0 Å². The molecule has 3 aromatic rings. The van der Waals surface area contributed by atoms with Gasteiger partial charge >= 0.3 is 0 Å². The smallest absolute Gasteiger partial charge is 0.270 e. The van der Waals surface area contributed by atoms with Gasteiger partial charge in [0.25, 0.3) is 11.5 Å². The average molecular weight is 420 g/mol. The van der Waals surface area contributed by atoms with Crippen LogP contribution in [0.15, 0.2) is 41.2 Å². The Labute approximate surface area is 181 Å². The normalized spacial score (nSPS) is 14.8. The Bertz CT molecular complexity index is 1130. The highest BCUT2D eigenvalue weighted by atomic mass is 16.2. The first-order valence-electron chi connectivity index (χ1n) is 10.9. The Balaban J connectivity index is 1.63. The minimum absolute atomic E-state index is 0.139. The number of amides is 1. The van der Waals surface area contributed by atoms with Gasteiger partial charge in [-0.2, -0.15) is 5.10 Å². The third kappa shape index (κ3) is 4.45. The zero-order chi connectivity index (χ0) is 22.0. The number of carbonyl (C=O) groups is 1. The highest BCUT2D eigenvalue weighted by molar-refractivity contribution is 5.94. The van der Waals surface area contributed by atoms with Gasteiger partial charge in [-0.25, -0.2) is 4.98 Å². The maximum atomic E-state index is 13.2. The van der Waals surface area contributed by atoms with Gasteiger partial charge in [-0.3, -0.25) is 14.3 Å². The number of benzene rings is 1. The molecule has 31 heavy (non-hydrogen) atoms. The lowest BCUT2D eigenvalue weighted by atomic mass is 9.85. The van der Waals surface area contributed by atoms with Crippen molar-refractivity contribution in [1.29, 1.82) is 0 Å². The number of aryl methyl sites for hydroxylation is 2. The van der Waals surface area contributed by atoms with Crippen molar-refractivity contribution in [1.82, 2.24) is 25.1 Å². The van der Waals surface area contributed by atoms with E-state index in [1.807, 2.05) is 44.2 Å². The molecular weight excluding hydrogens is 390 g/mol. The van der Waals surface area contributed by atoms with E-state index in [0.29, 0.717) is 23.7 Å². The molecule has 1 atom stereocenters. The van der Waals surface area contributed by atoms with Gasteiger partial charge in [0, 0.05) is 31.0 Å². The van der Waals surface area contributed by atoms with Gasteiger partial charge in [0.2, 0.25) is 0 Å². The highest BCUT2D eigenvalue weighted by Gasteiger charge is 2.25. The number of rotatable bonds is 7. The number of aromatic nitrogens is 4. The molecule has 1 saturated carbocycles. The maximum absolute atomic E-state index is 13.2. The second-order valence-corrected chi connectivity index (χ2v) is 8.29. The van der Waals surface area contributed by atoms with E-state index >= 15 is 0 Å². The summed E-state index contributed by atoms with van der Waals surface area (Å²) >= 11 is 0. The van der Waals surface area contributed by atoms with E-state index in [9.17, 15) is 9.59 Å². The van der Waals surface area contributed by atoms with Crippen LogP contribution in [-0.4, -0.2) is 25.7 Å². The zero-order valence-corrected chi connectivity index (χ0v) is 18.3. The second-order valence-electron chi connectivity index (χ2n) is 8.29. The van der Waals surface area contributed by atoms with E-state index in [2.05, 4.69) is 15.4 Å². The molecule has 7 heteroatoms. The van der Waals surface area contributed by atoms with E-state index in [1.165, 1.54) is 12.5 Å². The summed E-state index contributed by atoms with van der Waals surface area (Å²) in [5.41, 5.74) is 3.91. The van der Waals surface area contributed by atoms with E-state index in [1.54, 1.807) is 11.7 Å². The lowest BCUT2D eigenvalue weighted by molar-refractivity contribution is 0.0926. The molecular formula is C24H29N5O2. The Morgan fingerprint density at radius 1 is 1.29 bits per heavy atom. The number of hydrogen-bond donors (Lipinski definition) is 2. The molecule has 0 radical (unpaired) electrons. The number of hydrogen-bond acceptors (Lipinski definition) is 4. The summed E-state index contributed by atoms with van der Waals surface area (Å²) < 4.78 is 1.64. The van der Waals surface area contributed by atoms with Crippen LogP contribution in [0.2, 0.25) is 0 Å². The summed E-state index contributed by atoms with van der Waals surface area (Å²) in [6.07, 6.45) is 4.51. The SMILES string of the molecule is CCc1nn(C)c(C(=O)N[C@@H](Cc2cc(=O)[nH]c(C3CCC3)n2)c2ccccc2)c1C. The number of H-pyrrole nitrogens is 1. The van der Waals surface area contributed by atoms with Crippen molar-refractivity contribution in [3.8, 4) is 0 Å². The van der Waals surface area contributed by atoms with E-state index < -0.39 is 0 Å². The van der Waals surface area contributed by atoms with E-state index in [4.69, 9.17) is 4.98 Å². The lowest BCUT2D eigenvalue weighted by Crippen LogP contribution is -2.32. The molecule has 0 spiro atoms. The van der Waals surface area contributed by atoms with Crippen molar-refractivity contribution in [2.24, 2.45) is 7.05 Å². The molecule has 0 bridgehead atoms. The largest absolute Gasteiger partial charge is 0.344 e. The van der Waals surface area contributed by atoms with Crippen LogP contribution in [-0.2, 0) is 19.9 Å². The fraction of sp³-hybridized carbons (Fsp3) is 0.417. The summed E-state index contributed by atoms with van der Waals surface area (Å²) in [5.74, 6) is 0.925. The minimum atomic E-state index is -0.309. The molecule has 0 unspecified atom stereocenters. The molecule has 0 saturated heterocycles. The Morgan fingerprint density at radius 2 is 2.03 bits per heavy atom. The molecule has 1 amide bonds. The predicted molar refractivity (Wildman–Crippen MR) is 119 cm³/mol. The van der Waals surface area contributed by atoms with Crippen molar-refractivity contribution in [3.05, 3.63) is 80.8 Å². The third-order valence-corrected chi connectivity index (χ3v) is 6.16. The van der Waals surface area contributed by atoms with Crippen LogP contribution in [0, 0.1) is 6.92 Å². The number of nitrogens with zero attached hydrogens (tertiary/aromatic N) is 3. The molecule has 2 heterocycles. The van der Waals surface area contributed by atoms with Crippen LogP contribution in [0.3, 0.4) is 0 Å². The molecule has 162 valence electrons. The molecule has 0 aliphatic heterocycles. The first-order chi connectivity index (χ1) is 15.0. The van der Waals surface area contributed by atoms with E-state index in [-0.39, 0.29) is 17.5 Å². The molecule has 2 N–H and O–H groups in total. The average Bonchev–Trinajstić information content (AvgIpc) is 2.99.